The molecule has 3 heterocycles. The molecule has 112 valence electrons. The monoisotopic (exact) mass is 299 g/mol. The lowest BCUT2D eigenvalue weighted by Crippen LogP contribution is -2.28. The highest BCUT2D eigenvalue weighted by atomic mass is 16.5. The third-order valence-electron chi connectivity index (χ3n) is 3.80. The molecule has 4 rings (SSSR count). The highest BCUT2D eigenvalue weighted by molar-refractivity contribution is 5.79. The minimum absolute atomic E-state index is 0.248. The fourth-order valence-electron chi connectivity index (χ4n) is 2.59. The van der Waals surface area contributed by atoms with Gasteiger partial charge in [0.1, 0.15) is 5.82 Å². The van der Waals surface area contributed by atoms with Gasteiger partial charge in [-0.2, -0.15) is 5.10 Å². The first-order valence-electron chi connectivity index (χ1n) is 6.97. The molecular formula is C14H13N5O3. The molecule has 22 heavy (non-hydrogen) atoms. The minimum Gasteiger partial charge on any atom is -0.381 e. The first kappa shape index (κ1) is 13.0. The zero-order chi connectivity index (χ0) is 15.1. The van der Waals surface area contributed by atoms with Crippen molar-refractivity contribution in [3.8, 4) is 11.4 Å². The van der Waals surface area contributed by atoms with Crippen molar-refractivity contribution in [1.82, 2.24) is 25.1 Å². The summed E-state index contributed by atoms with van der Waals surface area (Å²) in [5, 5.41) is 7.17. The average molecular weight is 299 g/mol. The van der Waals surface area contributed by atoms with Crippen LogP contribution in [0.15, 0.2) is 27.8 Å². The first-order valence-corrected chi connectivity index (χ1v) is 6.97. The van der Waals surface area contributed by atoms with Gasteiger partial charge in [-0.05, 0) is 24.6 Å². The number of aromatic nitrogens is 5. The Labute approximate surface area is 123 Å². The first-order chi connectivity index (χ1) is 10.7. The Bertz CT molecular complexity index is 949. The van der Waals surface area contributed by atoms with E-state index in [1.54, 1.807) is 18.2 Å². The largest absolute Gasteiger partial charge is 0.381 e. The van der Waals surface area contributed by atoms with Crippen LogP contribution in [0, 0.1) is 0 Å². The molecule has 0 spiro atoms. The molecule has 1 aromatic carbocycles. The maximum atomic E-state index is 11.4. The SMILES string of the molecule is O=c1[nH]c2ccc(-c3n[nH]c([C@H]4CCOC4)n3)cc2[nH]c1=O. The molecule has 1 aliphatic rings. The summed E-state index contributed by atoms with van der Waals surface area (Å²) in [6.45, 7) is 1.40. The molecule has 1 fully saturated rings. The predicted octanol–water partition coefficient (Wildman–Crippen LogP) is 0.505. The highest BCUT2D eigenvalue weighted by Gasteiger charge is 2.21. The third-order valence-corrected chi connectivity index (χ3v) is 3.80. The van der Waals surface area contributed by atoms with Crippen molar-refractivity contribution in [3.63, 3.8) is 0 Å². The van der Waals surface area contributed by atoms with E-state index in [-0.39, 0.29) is 5.92 Å². The van der Waals surface area contributed by atoms with E-state index < -0.39 is 11.1 Å². The van der Waals surface area contributed by atoms with Crippen molar-refractivity contribution in [3.05, 3.63) is 44.7 Å². The van der Waals surface area contributed by atoms with Crippen molar-refractivity contribution in [2.24, 2.45) is 0 Å². The summed E-state index contributed by atoms with van der Waals surface area (Å²) >= 11 is 0. The highest BCUT2D eigenvalue weighted by Crippen LogP contribution is 2.24. The van der Waals surface area contributed by atoms with E-state index in [1.165, 1.54) is 0 Å². The van der Waals surface area contributed by atoms with E-state index in [0.717, 1.165) is 24.4 Å². The summed E-state index contributed by atoms with van der Waals surface area (Å²) in [5.41, 5.74) is 0.521. The van der Waals surface area contributed by atoms with Crippen LogP contribution in [-0.2, 0) is 4.74 Å². The van der Waals surface area contributed by atoms with E-state index in [2.05, 4.69) is 25.1 Å². The Kier molecular flexibility index (Phi) is 2.90. The number of aromatic amines is 3. The summed E-state index contributed by atoms with van der Waals surface area (Å²) in [4.78, 5) is 32.3. The van der Waals surface area contributed by atoms with E-state index in [4.69, 9.17) is 4.74 Å². The second kappa shape index (κ2) is 4.92. The van der Waals surface area contributed by atoms with E-state index in [1.807, 2.05) is 0 Å². The molecule has 0 aliphatic carbocycles. The Morgan fingerprint density at radius 1 is 1.14 bits per heavy atom. The van der Waals surface area contributed by atoms with Crippen molar-refractivity contribution in [1.29, 1.82) is 0 Å². The van der Waals surface area contributed by atoms with Gasteiger partial charge in [-0.3, -0.25) is 14.7 Å². The molecule has 0 amide bonds. The molecule has 0 saturated carbocycles. The normalized spacial score (nSPS) is 18.1. The number of nitrogens with zero attached hydrogens (tertiary/aromatic N) is 2. The molecule has 8 heteroatoms. The van der Waals surface area contributed by atoms with Crippen LogP contribution in [0.1, 0.15) is 18.2 Å². The van der Waals surface area contributed by atoms with Crippen molar-refractivity contribution in [2.75, 3.05) is 13.2 Å². The molecule has 3 N–H and O–H groups in total. The standard InChI is InChI=1S/C14H13N5O3/c20-13-14(21)16-10-5-7(1-2-9(10)15-13)11-17-12(19-18-11)8-3-4-22-6-8/h1-2,5,8H,3-4,6H2,(H,15,20)(H,16,21)(H,17,18,19)/t8-/m0/s1. The van der Waals surface area contributed by atoms with Crippen LogP contribution in [0.2, 0.25) is 0 Å². The fraction of sp³-hybridized carbons (Fsp3) is 0.286. The van der Waals surface area contributed by atoms with Gasteiger partial charge >= 0.3 is 11.1 Å². The van der Waals surface area contributed by atoms with E-state index >= 15 is 0 Å². The maximum absolute atomic E-state index is 11.4. The van der Waals surface area contributed by atoms with Crippen molar-refractivity contribution >= 4 is 11.0 Å². The third kappa shape index (κ3) is 2.13. The minimum atomic E-state index is -0.677. The van der Waals surface area contributed by atoms with Gasteiger partial charge in [0.15, 0.2) is 5.82 Å². The smallest absolute Gasteiger partial charge is 0.314 e. The van der Waals surface area contributed by atoms with Gasteiger partial charge in [0.2, 0.25) is 0 Å². The van der Waals surface area contributed by atoms with Crippen LogP contribution in [0.5, 0.6) is 0 Å². The van der Waals surface area contributed by atoms with Crippen molar-refractivity contribution in [2.45, 2.75) is 12.3 Å². The van der Waals surface area contributed by atoms with E-state index in [0.29, 0.717) is 23.5 Å². The van der Waals surface area contributed by atoms with Crippen LogP contribution in [-0.4, -0.2) is 38.4 Å². The zero-order valence-corrected chi connectivity index (χ0v) is 11.5. The number of rotatable bonds is 2. The van der Waals surface area contributed by atoms with Crippen LogP contribution in [0.4, 0.5) is 0 Å². The number of fused-ring (bicyclic) bond motifs is 1. The Hall–Kier alpha value is -2.74. The maximum Gasteiger partial charge on any atom is 0.314 e. The summed E-state index contributed by atoms with van der Waals surface area (Å²) in [7, 11) is 0. The summed E-state index contributed by atoms with van der Waals surface area (Å²) < 4.78 is 5.35. The molecular weight excluding hydrogens is 286 g/mol. The topological polar surface area (TPSA) is 117 Å². The molecule has 1 aliphatic heterocycles. The average Bonchev–Trinajstić information content (AvgIpc) is 3.19. The molecule has 0 unspecified atom stereocenters. The van der Waals surface area contributed by atoms with Gasteiger partial charge in [0.25, 0.3) is 0 Å². The van der Waals surface area contributed by atoms with Gasteiger partial charge in [-0.25, -0.2) is 4.98 Å². The lowest BCUT2D eigenvalue weighted by Gasteiger charge is -2.01. The van der Waals surface area contributed by atoms with Gasteiger partial charge in [0, 0.05) is 18.1 Å². The second-order valence-corrected chi connectivity index (χ2v) is 5.27. The van der Waals surface area contributed by atoms with Crippen LogP contribution in [0.25, 0.3) is 22.4 Å². The molecule has 1 saturated heterocycles. The molecule has 0 radical (unpaired) electrons. The molecule has 0 bridgehead atoms. The predicted molar refractivity (Wildman–Crippen MR) is 78.7 cm³/mol. The summed E-state index contributed by atoms with van der Waals surface area (Å²) in [5.74, 6) is 1.61. The molecule has 1 atom stereocenters. The van der Waals surface area contributed by atoms with Crippen LogP contribution in [0.3, 0.4) is 0 Å². The number of ether oxygens (including phenoxy) is 1. The van der Waals surface area contributed by atoms with Gasteiger partial charge in [-0.15, -0.1) is 0 Å². The quantitative estimate of drug-likeness (QED) is 0.596. The van der Waals surface area contributed by atoms with Gasteiger partial charge < -0.3 is 14.7 Å². The van der Waals surface area contributed by atoms with E-state index in [9.17, 15) is 9.59 Å². The lowest BCUT2D eigenvalue weighted by atomic mass is 10.1. The number of nitrogens with one attached hydrogen (secondary N) is 3. The number of hydrogen-bond acceptors (Lipinski definition) is 5. The zero-order valence-electron chi connectivity index (χ0n) is 11.5. The van der Waals surface area contributed by atoms with Crippen LogP contribution >= 0.6 is 0 Å². The number of benzene rings is 1. The number of hydrogen-bond donors (Lipinski definition) is 3. The lowest BCUT2D eigenvalue weighted by molar-refractivity contribution is 0.193. The number of H-pyrrole nitrogens is 3. The van der Waals surface area contributed by atoms with Crippen LogP contribution < -0.4 is 11.1 Å². The Morgan fingerprint density at radius 2 is 1.95 bits per heavy atom. The summed E-state index contributed by atoms with van der Waals surface area (Å²) in [6.07, 6.45) is 0.931. The van der Waals surface area contributed by atoms with Gasteiger partial charge in [-0.1, -0.05) is 0 Å². The Balaban J connectivity index is 1.76. The molecule has 8 nitrogen and oxygen atoms in total. The fourth-order valence-corrected chi connectivity index (χ4v) is 2.59. The van der Waals surface area contributed by atoms with Gasteiger partial charge in [0.05, 0.1) is 17.6 Å². The Morgan fingerprint density at radius 3 is 2.73 bits per heavy atom. The second-order valence-electron chi connectivity index (χ2n) is 5.27. The molecule has 2 aromatic heterocycles. The molecule has 3 aromatic rings. The van der Waals surface area contributed by atoms with Crippen molar-refractivity contribution < 1.29 is 4.74 Å². The summed E-state index contributed by atoms with van der Waals surface area (Å²) in [6, 6.07) is 5.26.